The summed E-state index contributed by atoms with van der Waals surface area (Å²) in [6, 6.07) is 10.8. The van der Waals surface area contributed by atoms with Crippen molar-refractivity contribution in [2.45, 2.75) is 53.5 Å². The molecule has 0 aliphatic heterocycles. The Kier molecular flexibility index (Phi) is 4.98. The molecule has 0 spiro atoms. The molecule has 0 aromatic heterocycles. The summed E-state index contributed by atoms with van der Waals surface area (Å²) in [7, 11) is 0. The molecule has 1 aromatic rings. The van der Waals surface area contributed by atoms with Crippen molar-refractivity contribution in [1.29, 1.82) is 0 Å². The molecular formula is C17H29N. The van der Waals surface area contributed by atoms with Crippen molar-refractivity contribution in [2.24, 2.45) is 11.3 Å². The van der Waals surface area contributed by atoms with Crippen LogP contribution < -0.4 is 5.32 Å². The second-order valence-corrected chi connectivity index (χ2v) is 7.38. The predicted octanol–water partition coefficient (Wildman–Crippen LogP) is 4.28. The van der Waals surface area contributed by atoms with Gasteiger partial charge >= 0.3 is 0 Å². The van der Waals surface area contributed by atoms with Gasteiger partial charge in [0.25, 0.3) is 0 Å². The smallest absolute Gasteiger partial charge is 0.00966 e. The van der Waals surface area contributed by atoms with E-state index in [1.54, 1.807) is 0 Å². The van der Waals surface area contributed by atoms with Crippen LogP contribution in [-0.4, -0.2) is 12.1 Å². The first kappa shape index (κ1) is 15.2. The van der Waals surface area contributed by atoms with E-state index in [-0.39, 0.29) is 5.54 Å². The highest BCUT2D eigenvalue weighted by molar-refractivity contribution is 5.15. The number of benzene rings is 1. The zero-order chi connectivity index (χ0) is 13.8. The maximum absolute atomic E-state index is 3.65. The fourth-order valence-electron chi connectivity index (χ4n) is 2.01. The molecule has 0 saturated carbocycles. The Morgan fingerprint density at radius 2 is 1.50 bits per heavy atom. The van der Waals surface area contributed by atoms with Crippen LogP contribution in [0.5, 0.6) is 0 Å². The maximum atomic E-state index is 3.65. The van der Waals surface area contributed by atoms with Crippen molar-refractivity contribution in [1.82, 2.24) is 5.32 Å². The highest BCUT2D eigenvalue weighted by Crippen LogP contribution is 2.29. The molecule has 0 bridgehead atoms. The Bertz CT molecular complexity index is 340. The highest BCUT2D eigenvalue weighted by Gasteiger charge is 2.25. The van der Waals surface area contributed by atoms with Crippen molar-refractivity contribution in [2.75, 3.05) is 6.54 Å². The van der Waals surface area contributed by atoms with Gasteiger partial charge in [-0.05, 0) is 50.6 Å². The molecule has 1 nitrogen and oxygen atoms in total. The first-order chi connectivity index (χ1) is 8.18. The molecular weight excluding hydrogens is 218 g/mol. The Morgan fingerprint density at radius 1 is 0.944 bits per heavy atom. The lowest BCUT2D eigenvalue weighted by atomic mass is 9.77. The molecule has 102 valence electrons. The van der Waals surface area contributed by atoms with E-state index in [9.17, 15) is 0 Å². The van der Waals surface area contributed by atoms with Gasteiger partial charge in [0.1, 0.15) is 0 Å². The molecule has 1 atom stereocenters. The van der Waals surface area contributed by atoms with Gasteiger partial charge in [0.05, 0.1) is 0 Å². The van der Waals surface area contributed by atoms with E-state index in [4.69, 9.17) is 0 Å². The molecule has 1 unspecified atom stereocenters. The zero-order valence-corrected chi connectivity index (χ0v) is 12.9. The van der Waals surface area contributed by atoms with Crippen LogP contribution in [0.3, 0.4) is 0 Å². The van der Waals surface area contributed by atoms with Crippen LogP contribution in [0.25, 0.3) is 0 Å². The molecule has 0 aliphatic rings. The molecule has 1 aromatic carbocycles. The summed E-state index contributed by atoms with van der Waals surface area (Å²) in [6.45, 7) is 14.8. The van der Waals surface area contributed by atoms with Crippen molar-refractivity contribution in [3.8, 4) is 0 Å². The van der Waals surface area contributed by atoms with Gasteiger partial charge in [-0.2, -0.15) is 0 Å². The number of hydrogen-bond acceptors (Lipinski definition) is 1. The maximum Gasteiger partial charge on any atom is 0.00966 e. The Morgan fingerprint density at radius 3 is 1.94 bits per heavy atom. The first-order valence-electron chi connectivity index (χ1n) is 6.97. The molecule has 0 amide bonds. The molecule has 1 N–H and O–H groups in total. The SMILES string of the molecule is CC(C)(C)NCC(Cc1ccccc1)C(C)(C)C. The summed E-state index contributed by atoms with van der Waals surface area (Å²) in [4.78, 5) is 0. The molecule has 0 aliphatic carbocycles. The van der Waals surface area contributed by atoms with Crippen molar-refractivity contribution in [3.05, 3.63) is 35.9 Å². The van der Waals surface area contributed by atoms with E-state index in [1.807, 2.05) is 0 Å². The monoisotopic (exact) mass is 247 g/mol. The van der Waals surface area contributed by atoms with Crippen LogP contribution in [-0.2, 0) is 6.42 Å². The largest absolute Gasteiger partial charge is 0.312 e. The van der Waals surface area contributed by atoms with Crippen molar-refractivity contribution < 1.29 is 0 Å². The Labute approximate surface area is 113 Å². The predicted molar refractivity (Wildman–Crippen MR) is 80.8 cm³/mol. The third-order valence-corrected chi connectivity index (χ3v) is 3.43. The Hall–Kier alpha value is -0.820. The number of nitrogens with one attached hydrogen (secondary N) is 1. The van der Waals surface area contributed by atoms with E-state index in [0.29, 0.717) is 11.3 Å². The first-order valence-corrected chi connectivity index (χ1v) is 6.97. The van der Waals surface area contributed by atoms with Gasteiger partial charge in [-0.1, -0.05) is 51.1 Å². The summed E-state index contributed by atoms with van der Waals surface area (Å²) in [5.41, 5.74) is 1.96. The highest BCUT2D eigenvalue weighted by atomic mass is 14.9. The van der Waals surface area contributed by atoms with Gasteiger partial charge in [0, 0.05) is 5.54 Å². The van der Waals surface area contributed by atoms with Crippen molar-refractivity contribution >= 4 is 0 Å². The van der Waals surface area contributed by atoms with Gasteiger partial charge in [-0.25, -0.2) is 0 Å². The second kappa shape index (κ2) is 5.88. The lowest BCUT2D eigenvalue weighted by Crippen LogP contribution is -2.42. The van der Waals surface area contributed by atoms with Crippen LogP contribution in [0, 0.1) is 11.3 Å². The quantitative estimate of drug-likeness (QED) is 0.837. The van der Waals surface area contributed by atoms with E-state index in [2.05, 4.69) is 77.2 Å². The average Bonchev–Trinajstić information content (AvgIpc) is 2.22. The van der Waals surface area contributed by atoms with Crippen LogP contribution in [0.2, 0.25) is 0 Å². The van der Waals surface area contributed by atoms with Gasteiger partial charge in [0.15, 0.2) is 0 Å². The minimum absolute atomic E-state index is 0.195. The second-order valence-electron chi connectivity index (χ2n) is 7.38. The van der Waals surface area contributed by atoms with Crippen molar-refractivity contribution in [3.63, 3.8) is 0 Å². The molecule has 1 heteroatoms. The molecule has 0 saturated heterocycles. The fourth-order valence-corrected chi connectivity index (χ4v) is 2.01. The number of hydrogen-bond donors (Lipinski definition) is 1. The average molecular weight is 247 g/mol. The van der Waals surface area contributed by atoms with Crippen LogP contribution >= 0.6 is 0 Å². The minimum Gasteiger partial charge on any atom is -0.312 e. The normalized spacial score (nSPS) is 14.6. The molecule has 0 fully saturated rings. The van der Waals surface area contributed by atoms with E-state index in [0.717, 1.165) is 13.0 Å². The third kappa shape index (κ3) is 5.68. The summed E-state index contributed by atoms with van der Waals surface area (Å²) in [5.74, 6) is 0.652. The van der Waals surface area contributed by atoms with Gasteiger partial charge in [0.2, 0.25) is 0 Å². The summed E-state index contributed by atoms with van der Waals surface area (Å²) < 4.78 is 0. The summed E-state index contributed by atoms with van der Waals surface area (Å²) in [6.07, 6.45) is 1.15. The Balaban J connectivity index is 2.68. The standard InChI is InChI=1S/C17H29N/c1-16(2,3)15(13-18-17(4,5)6)12-14-10-8-7-9-11-14/h7-11,15,18H,12-13H2,1-6H3. The van der Waals surface area contributed by atoms with Crippen LogP contribution in [0.1, 0.15) is 47.1 Å². The molecule has 0 radical (unpaired) electrons. The molecule has 1 rings (SSSR count). The van der Waals surface area contributed by atoms with Gasteiger partial charge in [-0.3, -0.25) is 0 Å². The minimum atomic E-state index is 0.195. The van der Waals surface area contributed by atoms with E-state index >= 15 is 0 Å². The number of rotatable bonds is 4. The van der Waals surface area contributed by atoms with Gasteiger partial charge < -0.3 is 5.32 Å². The lowest BCUT2D eigenvalue weighted by Gasteiger charge is -2.34. The summed E-state index contributed by atoms with van der Waals surface area (Å²) in [5, 5.41) is 3.65. The zero-order valence-electron chi connectivity index (χ0n) is 12.9. The molecule has 18 heavy (non-hydrogen) atoms. The topological polar surface area (TPSA) is 12.0 Å². The fraction of sp³-hybridized carbons (Fsp3) is 0.647. The third-order valence-electron chi connectivity index (χ3n) is 3.43. The molecule has 0 heterocycles. The van der Waals surface area contributed by atoms with Crippen LogP contribution in [0.4, 0.5) is 0 Å². The van der Waals surface area contributed by atoms with Crippen LogP contribution in [0.15, 0.2) is 30.3 Å². The van der Waals surface area contributed by atoms with Gasteiger partial charge in [-0.15, -0.1) is 0 Å². The van der Waals surface area contributed by atoms with E-state index in [1.165, 1.54) is 5.56 Å². The van der Waals surface area contributed by atoms with E-state index < -0.39 is 0 Å². The lowest BCUT2D eigenvalue weighted by molar-refractivity contribution is 0.214. The summed E-state index contributed by atoms with van der Waals surface area (Å²) >= 11 is 0.